The van der Waals surface area contributed by atoms with E-state index in [1.54, 1.807) is 0 Å². The number of carbonyl (C=O) groups is 2. The van der Waals surface area contributed by atoms with Crippen LogP contribution in [-0.2, 0) is 6.18 Å². The number of rotatable bonds is 5. The zero-order valence-corrected chi connectivity index (χ0v) is 19.3. The van der Waals surface area contributed by atoms with Crippen molar-refractivity contribution in [1.82, 2.24) is 5.32 Å². The van der Waals surface area contributed by atoms with Crippen LogP contribution in [0.15, 0.2) is 48.5 Å². The molecule has 1 heterocycles. The smallest absolute Gasteiger partial charge is 0.416 e. The van der Waals surface area contributed by atoms with E-state index in [2.05, 4.69) is 5.32 Å². The number of anilines is 1. The highest BCUT2D eigenvalue weighted by atomic mass is 35.5. The maximum atomic E-state index is 14.1. The average Bonchev–Trinajstić information content (AvgIpc) is 3.15. The van der Waals surface area contributed by atoms with E-state index in [0.717, 1.165) is 29.2 Å². The molecule has 3 aromatic carbocycles. The first-order valence-electron chi connectivity index (χ1n) is 10.6. The van der Waals surface area contributed by atoms with Crippen molar-refractivity contribution in [2.45, 2.75) is 18.6 Å². The highest BCUT2D eigenvalue weighted by Gasteiger charge is 2.38. The molecule has 0 fully saturated rings. The van der Waals surface area contributed by atoms with E-state index >= 15 is 0 Å². The first-order chi connectivity index (χ1) is 17.4. The van der Waals surface area contributed by atoms with Crippen molar-refractivity contribution < 1.29 is 36.6 Å². The number of fused-ring (bicyclic) bond motifs is 1. The van der Waals surface area contributed by atoms with E-state index in [-0.39, 0.29) is 46.4 Å². The Morgan fingerprint density at radius 2 is 1.84 bits per heavy atom. The van der Waals surface area contributed by atoms with Gasteiger partial charge >= 0.3 is 6.18 Å². The van der Waals surface area contributed by atoms with Gasteiger partial charge in [-0.05, 0) is 42.5 Å². The fourth-order valence-electron chi connectivity index (χ4n) is 4.11. The number of amides is 2. The summed E-state index contributed by atoms with van der Waals surface area (Å²) in [6.07, 6.45) is -5.25. The topological polar surface area (TPSA) is 93.4 Å². The molecule has 0 spiro atoms. The number of phenolic OH excluding ortho intramolecular Hbond substituents is 1. The molecular weight excluding hydrogens is 521 g/mol. The van der Waals surface area contributed by atoms with Crippen LogP contribution >= 0.6 is 11.6 Å². The summed E-state index contributed by atoms with van der Waals surface area (Å²) in [4.78, 5) is 27.0. The molecule has 0 bridgehead atoms. The van der Waals surface area contributed by atoms with Crippen LogP contribution < -0.4 is 10.2 Å². The van der Waals surface area contributed by atoms with Crippen molar-refractivity contribution in [1.29, 1.82) is 5.26 Å². The summed E-state index contributed by atoms with van der Waals surface area (Å²) in [5.41, 5.74) is -2.17. The molecule has 3 aromatic rings. The van der Waals surface area contributed by atoms with E-state index in [0.29, 0.717) is 12.1 Å². The van der Waals surface area contributed by atoms with Crippen LogP contribution in [0.5, 0.6) is 5.75 Å². The van der Waals surface area contributed by atoms with E-state index in [1.165, 1.54) is 6.07 Å². The summed E-state index contributed by atoms with van der Waals surface area (Å²) in [7, 11) is 0. The van der Waals surface area contributed by atoms with Crippen molar-refractivity contribution in [3.63, 3.8) is 0 Å². The second-order valence-electron chi connectivity index (χ2n) is 8.09. The van der Waals surface area contributed by atoms with Gasteiger partial charge in [-0.15, -0.1) is 0 Å². The van der Waals surface area contributed by atoms with Gasteiger partial charge in [0.25, 0.3) is 11.8 Å². The molecule has 2 amide bonds. The molecule has 0 aromatic heterocycles. The lowest BCUT2D eigenvalue weighted by atomic mass is 9.95. The van der Waals surface area contributed by atoms with Gasteiger partial charge in [0.15, 0.2) is 0 Å². The average molecular weight is 536 g/mol. The number of nitriles is 1. The number of nitrogens with one attached hydrogen (secondary N) is 1. The molecule has 2 N–H and O–H groups in total. The number of nitrogens with zero attached hydrogens (tertiary/aromatic N) is 2. The minimum Gasteiger partial charge on any atom is -0.508 e. The Kier molecular flexibility index (Phi) is 6.80. The number of aromatic hydroxyl groups is 1. The van der Waals surface area contributed by atoms with Crippen LogP contribution in [-0.4, -0.2) is 23.5 Å². The van der Waals surface area contributed by atoms with Crippen molar-refractivity contribution in [3.8, 4) is 11.8 Å². The molecule has 12 heteroatoms. The molecule has 0 saturated heterocycles. The first kappa shape index (κ1) is 25.9. The predicted molar refractivity (Wildman–Crippen MR) is 122 cm³/mol. The minimum atomic E-state index is -4.95. The summed E-state index contributed by atoms with van der Waals surface area (Å²) in [5.74, 6) is -4.30. The standard InChI is InChI=1S/C25H15ClF5N3O3/c26-19-3-2-14(27)9-17(19)22-21-18(23(36)33-22)10-16(35)11-20(21)34(5-1-4-32)24(37)12-6-13(25(29,30)31)8-15(28)7-12/h2-3,6-11,22,35H,1,5H2,(H,33,36). The van der Waals surface area contributed by atoms with E-state index < -0.39 is 52.5 Å². The third-order valence-corrected chi connectivity index (χ3v) is 6.02. The third kappa shape index (κ3) is 5.06. The minimum absolute atomic E-state index is 0.0634. The molecule has 1 unspecified atom stereocenters. The van der Waals surface area contributed by atoms with Crippen LogP contribution in [0.4, 0.5) is 27.6 Å². The SMILES string of the molecule is N#CCCN(C(=O)c1cc(F)cc(C(F)(F)F)c1)c1cc(O)cc2c1C(c1cc(F)ccc1Cl)NC2=O. The third-order valence-electron chi connectivity index (χ3n) is 5.68. The summed E-state index contributed by atoms with van der Waals surface area (Å²) in [6.45, 7) is -0.388. The zero-order chi connectivity index (χ0) is 27.1. The van der Waals surface area contributed by atoms with Gasteiger partial charge in [0.2, 0.25) is 0 Å². The van der Waals surface area contributed by atoms with Crippen LogP contribution in [0.2, 0.25) is 5.02 Å². The van der Waals surface area contributed by atoms with Crippen molar-refractivity contribution in [3.05, 3.63) is 93.0 Å². The second-order valence-corrected chi connectivity index (χ2v) is 8.50. The Labute approximate surface area is 211 Å². The quantitative estimate of drug-likeness (QED) is 0.408. The van der Waals surface area contributed by atoms with Gasteiger partial charge in [-0.3, -0.25) is 9.59 Å². The lowest BCUT2D eigenvalue weighted by Gasteiger charge is -2.27. The maximum Gasteiger partial charge on any atom is 0.416 e. The molecule has 1 aliphatic heterocycles. The second kappa shape index (κ2) is 9.71. The summed E-state index contributed by atoms with van der Waals surface area (Å²) >= 11 is 6.23. The largest absolute Gasteiger partial charge is 0.508 e. The lowest BCUT2D eigenvalue weighted by molar-refractivity contribution is -0.137. The molecule has 0 aliphatic carbocycles. The van der Waals surface area contributed by atoms with Gasteiger partial charge in [-0.1, -0.05) is 11.6 Å². The number of phenols is 1. The fourth-order valence-corrected chi connectivity index (χ4v) is 4.34. The molecule has 37 heavy (non-hydrogen) atoms. The van der Waals surface area contributed by atoms with Gasteiger partial charge in [0.1, 0.15) is 17.4 Å². The van der Waals surface area contributed by atoms with Crippen molar-refractivity contribution in [2.24, 2.45) is 0 Å². The number of alkyl halides is 3. The molecule has 1 atom stereocenters. The summed E-state index contributed by atoms with van der Waals surface area (Å²) in [6, 6.07) is 7.54. The van der Waals surface area contributed by atoms with Crippen LogP contribution in [0, 0.1) is 23.0 Å². The lowest BCUT2D eigenvalue weighted by Crippen LogP contribution is -2.33. The predicted octanol–water partition coefficient (Wildman–Crippen LogP) is 5.74. The van der Waals surface area contributed by atoms with Crippen molar-refractivity contribution in [2.75, 3.05) is 11.4 Å². The number of benzene rings is 3. The molecule has 0 radical (unpaired) electrons. The summed E-state index contributed by atoms with van der Waals surface area (Å²) in [5, 5.41) is 22.1. The molecule has 4 rings (SSSR count). The fraction of sp³-hybridized carbons (Fsp3) is 0.160. The molecule has 190 valence electrons. The maximum absolute atomic E-state index is 14.1. The van der Waals surface area contributed by atoms with Crippen LogP contribution in [0.1, 0.15) is 49.9 Å². The number of carbonyl (C=O) groups excluding carboxylic acids is 2. The van der Waals surface area contributed by atoms with Crippen molar-refractivity contribution >= 4 is 29.1 Å². The normalized spacial score (nSPS) is 14.6. The number of hydrogen-bond donors (Lipinski definition) is 2. The van der Waals surface area contributed by atoms with Gasteiger partial charge in [-0.25, -0.2) is 8.78 Å². The summed E-state index contributed by atoms with van der Waals surface area (Å²) < 4.78 is 67.9. The Morgan fingerprint density at radius 3 is 2.51 bits per heavy atom. The van der Waals surface area contributed by atoms with Gasteiger partial charge < -0.3 is 15.3 Å². The van der Waals surface area contributed by atoms with E-state index in [4.69, 9.17) is 16.9 Å². The molecule has 0 saturated carbocycles. The van der Waals surface area contributed by atoms with E-state index in [1.807, 2.05) is 6.07 Å². The highest BCUT2D eigenvalue weighted by Crippen LogP contribution is 2.43. The molecule has 1 aliphatic rings. The molecular formula is C25H15ClF5N3O3. The Morgan fingerprint density at radius 1 is 1.11 bits per heavy atom. The Bertz CT molecular complexity index is 1470. The van der Waals surface area contributed by atoms with Gasteiger partial charge in [0, 0.05) is 34.3 Å². The van der Waals surface area contributed by atoms with Crippen LogP contribution in [0.3, 0.4) is 0 Å². The number of halogens is 6. The Hall–Kier alpha value is -4.17. The van der Waals surface area contributed by atoms with Gasteiger partial charge in [0.05, 0.1) is 35.3 Å². The molecule has 6 nitrogen and oxygen atoms in total. The van der Waals surface area contributed by atoms with E-state index in [9.17, 15) is 36.6 Å². The highest BCUT2D eigenvalue weighted by molar-refractivity contribution is 6.31. The first-order valence-corrected chi connectivity index (χ1v) is 11.0. The monoisotopic (exact) mass is 535 g/mol. The number of hydrogen-bond acceptors (Lipinski definition) is 4. The Balaban J connectivity index is 1.92. The van der Waals surface area contributed by atoms with Crippen LogP contribution in [0.25, 0.3) is 0 Å². The van der Waals surface area contributed by atoms with Gasteiger partial charge in [-0.2, -0.15) is 18.4 Å². The zero-order valence-electron chi connectivity index (χ0n) is 18.5.